The molecule has 0 aliphatic carbocycles. The molecule has 0 bridgehead atoms. The van der Waals surface area contributed by atoms with Crippen molar-refractivity contribution in [3.63, 3.8) is 0 Å². The normalized spacial score (nSPS) is 13.1. The first-order chi connectivity index (χ1) is 6.49. The van der Waals surface area contributed by atoms with Crippen molar-refractivity contribution >= 4 is 11.6 Å². The minimum atomic E-state index is -1.74. The number of aliphatic hydroxyl groups excluding tert-OH is 1. The van der Waals surface area contributed by atoms with Gasteiger partial charge in [-0.15, -0.1) is 0 Å². The van der Waals surface area contributed by atoms with Crippen molar-refractivity contribution in [1.82, 2.24) is 0 Å². The van der Waals surface area contributed by atoms with Gasteiger partial charge in [-0.2, -0.15) is 0 Å². The van der Waals surface area contributed by atoms with Crippen LogP contribution in [0.25, 0.3) is 0 Å². The van der Waals surface area contributed by atoms with Crippen LogP contribution in [-0.2, 0) is 9.59 Å². The molecule has 2 N–H and O–H groups in total. The fourth-order valence-electron chi connectivity index (χ4n) is 0.783. The summed E-state index contributed by atoms with van der Waals surface area (Å²) in [6.45, 7) is 8.01. The summed E-state index contributed by atoms with van der Waals surface area (Å²) in [5, 5.41) is 18.0. The molecule has 0 aromatic heterocycles. The monoisotopic (exact) mass is 216 g/mol. The molecule has 0 aromatic carbocycles. The first-order valence-electron chi connectivity index (χ1n) is 4.92. The molecule has 0 rings (SSSR count). The lowest BCUT2D eigenvalue weighted by atomic mass is 9.80. The van der Waals surface area contributed by atoms with Gasteiger partial charge >= 0.3 is 0 Å². The summed E-state index contributed by atoms with van der Waals surface area (Å²) in [6, 6.07) is 0. The Labute approximate surface area is 90.3 Å². The Balaban J connectivity index is 4.59. The third kappa shape index (κ3) is 3.72. The van der Waals surface area contributed by atoms with Gasteiger partial charge < -0.3 is 10.2 Å². The van der Waals surface area contributed by atoms with Crippen LogP contribution in [0.3, 0.4) is 0 Å². The van der Waals surface area contributed by atoms with Gasteiger partial charge in [0.05, 0.1) is 11.8 Å². The van der Waals surface area contributed by atoms with E-state index in [0.717, 1.165) is 0 Å². The molecule has 0 fully saturated rings. The van der Waals surface area contributed by atoms with Gasteiger partial charge in [0.2, 0.25) is 0 Å². The minimum absolute atomic E-state index is 0.193. The Morgan fingerprint density at radius 2 is 1.40 bits per heavy atom. The SMILES string of the molecule is CC(C)(C)C(=O)CC(=O)C(C)(C)C(O)O. The standard InChI is InChI=1S/C11H20O4/c1-10(2,3)7(12)6-8(13)11(4,5)9(14)15/h9,14-15H,6H2,1-5H3. The Bertz CT molecular complexity index is 258. The maximum atomic E-state index is 11.6. The van der Waals surface area contributed by atoms with Crippen LogP contribution >= 0.6 is 0 Å². The van der Waals surface area contributed by atoms with E-state index in [-0.39, 0.29) is 12.2 Å². The highest BCUT2D eigenvalue weighted by atomic mass is 16.5. The quantitative estimate of drug-likeness (QED) is 0.541. The number of hydrogen-bond acceptors (Lipinski definition) is 4. The van der Waals surface area contributed by atoms with Crippen LogP contribution in [0.1, 0.15) is 41.0 Å². The summed E-state index contributed by atoms with van der Waals surface area (Å²) in [7, 11) is 0. The molecular formula is C11H20O4. The number of aliphatic hydroxyl groups is 2. The van der Waals surface area contributed by atoms with E-state index in [1.54, 1.807) is 20.8 Å². The summed E-state index contributed by atoms with van der Waals surface area (Å²) in [6.07, 6.45) is -1.99. The van der Waals surface area contributed by atoms with Gasteiger partial charge in [-0.05, 0) is 13.8 Å². The predicted molar refractivity (Wildman–Crippen MR) is 56.1 cm³/mol. The summed E-state index contributed by atoms with van der Waals surface area (Å²) in [4.78, 5) is 23.2. The molecule has 0 radical (unpaired) electrons. The molecule has 0 spiro atoms. The fourth-order valence-corrected chi connectivity index (χ4v) is 0.783. The molecule has 4 nitrogen and oxygen atoms in total. The molecule has 0 unspecified atom stereocenters. The molecule has 0 aliphatic rings. The van der Waals surface area contributed by atoms with E-state index in [9.17, 15) is 9.59 Å². The fraction of sp³-hybridized carbons (Fsp3) is 0.818. The van der Waals surface area contributed by atoms with Crippen LogP contribution in [0, 0.1) is 10.8 Å². The third-order valence-corrected chi connectivity index (χ3v) is 2.52. The maximum Gasteiger partial charge on any atom is 0.163 e. The predicted octanol–water partition coefficient (Wildman–Crippen LogP) is 0.898. The highest BCUT2D eigenvalue weighted by Crippen LogP contribution is 2.25. The molecule has 0 saturated heterocycles. The highest BCUT2D eigenvalue weighted by Gasteiger charge is 2.37. The van der Waals surface area contributed by atoms with E-state index in [4.69, 9.17) is 10.2 Å². The van der Waals surface area contributed by atoms with Gasteiger partial charge in [-0.25, -0.2) is 0 Å². The Morgan fingerprint density at radius 1 is 1.00 bits per heavy atom. The lowest BCUT2D eigenvalue weighted by Gasteiger charge is -2.26. The van der Waals surface area contributed by atoms with E-state index in [0.29, 0.717) is 0 Å². The minimum Gasteiger partial charge on any atom is -0.367 e. The van der Waals surface area contributed by atoms with E-state index < -0.39 is 22.9 Å². The molecule has 0 heterocycles. The zero-order valence-corrected chi connectivity index (χ0v) is 10.00. The number of carbonyl (C=O) groups excluding carboxylic acids is 2. The average Bonchev–Trinajstić information content (AvgIpc) is 2.01. The Morgan fingerprint density at radius 3 is 1.67 bits per heavy atom. The maximum absolute atomic E-state index is 11.6. The largest absolute Gasteiger partial charge is 0.367 e. The van der Waals surface area contributed by atoms with Gasteiger partial charge in [0.25, 0.3) is 0 Å². The molecule has 88 valence electrons. The van der Waals surface area contributed by atoms with E-state index in [1.165, 1.54) is 13.8 Å². The zero-order valence-electron chi connectivity index (χ0n) is 10.00. The second-order valence-electron chi connectivity index (χ2n) is 5.37. The van der Waals surface area contributed by atoms with E-state index >= 15 is 0 Å². The first kappa shape index (κ1) is 14.3. The van der Waals surface area contributed by atoms with Gasteiger partial charge in [0, 0.05) is 5.41 Å². The zero-order chi connectivity index (χ0) is 12.4. The molecule has 15 heavy (non-hydrogen) atoms. The first-order valence-corrected chi connectivity index (χ1v) is 4.92. The van der Waals surface area contributed by atoms with Crippen LogP contribution in [0.4, 0.5) is 0 Å². The van der Waals surface area contributed by atoms with Crippen LogP contribution in [0.15, 0.2) is 0 Å². The van der Waals surface area contributed by atoms with Gasteiger partial charge in [-0.1, -0.05) is 20.8 Å². The van der Waals surface area contributed by atoms with Crippen molar-refractivity contribution in [2.24, 2.45) is 10.8 Å². The smallest absolute Gasteiger partial charge is 0.163 e. The van der Waals surface area contributed by atoms with Gasteiger partial charge in [-0.3, -0.25) is 9.59 Å². The van der Waals surface area contributed by atoms with Crippen molar-refractivity contribution in [3.05, 3.63) is 0 Å². The molecule has 4 heteroatoms. The van der Waals surface area contributed by atoms with Gasteiger partial charge in [0.15, 0.2) is 12.1 Å². The third-order valence-electron chi connectivity index (χ3n) is 2.52. The van der Waals surface area contributed by atoms with Gasteiger partial charge in [0.1, 0.15) is 5.78 Å². The molecule has 0 aliphatic heterocycles. The van der Waals surface area contributed by atoms with Crippen molar-refractivity contribution in [1.29, 1.82) is 0 Å². The average molecular weight is 216 g/mol. The number of hydrogen-bond donors (Lipinski definition) is 2. The second-order valence-corrected chi connectivity index (χ2v) is 5.37. The lowest BCUT2D eigenvalue weighted by molar-refractivity contribution is -0.157. The molecule has 0 aromatic rings. The van der Waals surface area contributed by atoms with Crippen LogP contribution < -0.4 is 0 Å². The molecular weight excluding hydrogens is 196 g/mol. The number of rotatable bonds is 4. The summed E-state index contributed by atoms with van der Waals surface area (Å²) < 4.78 is 0. The van der Waals surface area contributed by atoms with Crippen molar-refractivity contribution in [3.8, 4) is 0 Å². The second kappa shape index (κ2) is 4.41. The lowest BCUT2D eigenvalue weighted by Crippen LogP contribution is -2.39. The topological polar surface area (TPSA) is 74.6 Å². The summed E-state index contributed by atoms with van der Waals surface area (Å²) >= 11 is 0. The summed E-state index contributed by atoms with van der Waals surface area (Å²) in [5.41, 5.74) is -1.87. The van der Waals surface area contributed by atoms with Crippen LogP contribution in [0.2, 0.25) is 0 Å². The molecule has 0 saturated carbocycles. The number of carbonyl (C=O) groups is 2. The van der Waals surface area contributed by atoms with Crippen molar-refractivity contribution in [2.45, 2.75) is 47.3 Å². The molecule has 0 atom stereocenters. The van der Waals surface area contributed by atoms with E-state index in [1.807, 2.05) is 0 Å². The highest BCUT2D eigenvalue weighted by molar-refractivity contribution is 6.03. The van der Waals surface area contributed by atoms with Crippen LogP contribution in [0.5, 0.6) is 0 Å². The van der Waals surface area contributed by atoms with Crippen molar-refractivity contribution in [2.75, 3.05) is 0 Å². The summed E-state index contributed by atoms with van der Waals surface area (Å²) in [5.74, 6) is -0.640. The molecule has 0 amide bonds. The Hall–Kier alpha value is -0.740. The number of ketones is 2. The number of Topliss-reactive ketones (excluding diaryl/α,β-unsaturated/α-hetero) is 2. The van der Waals surface area contributed by atoms with Crippen molar-refractivity contribution < 1.29 is 19.8 Å². The van der Waals surface area contributed by atoms with Crippen LogP contribution in [-0.4, -0.2) is 28.1 Å². The van der Waals surface area contributed by atoms with E-state index in [2.05, 4.69) is 0 Å². The Kier molecular flexibility index (Phi) is 4.19.